The quantitative estimate of drug-likeness (QED) is 0.482. The number of methoxy groups -OCH3 is 1. The number of benzene rings is 2. The van der Waals surface area contributed by atoms with Gasteiger partial charge >= 0.3 is 10.1 Å². The molecule has 0 saturated heterocycles. The number of carbonyl (C=O) groups is 1. The molecule has 2 N–H and O–H groups in total. The molecule has 0 saturated carbocycles. The monoisotopic (exact) mass is 534 g/mol. The van der Waals surface area contributed by atoms with Gasteiger partial charge in [-0.2, -0.15) is 8.42 Å². The highest BCUT2D eigenvalue weighted by Gasteiger charge is 2.49. The fraction of sp³-hybridized carbons (Fsp3) is 0.208. The number of ether oxygens (including phenoxy) is 1. The smallest absolute Gasteiger partial charge is 0.306 e. The Morgan fingerprint density at radius 1 is 1.06 bits per heavy atom. The van der Waals surface area contributed by atoms with Gasteiger partial charge in [0.2, 0.25) is 0 Å². The topological polar surface area (TPSA) is 124 Å². The van der Waals surface area contributed by atoms with Gasteiger partial charge < -0.3 is 14.7 Å². The zero-order valence-electron chi connectivity index (χ0n) is 19.9. The number of aliphatic imine (C=N–C) groups is 1. The number of rotatable bonds is 6. The van der Waals surface area contributed by atoms with Crippen LogP contribution in [0.2, 0.25) is 0 Å². The van der Waals surface area contributed by atoms with Gasteiger partial charge in [0.25, 0.3) is 5.91 Å². The zero-order chi connectivity index (χ0) is 25.5. The molecule has 0 radical (unpaired) electrons. The summed E-state index contributed by atoms with van der Waals surface area (Å²) in [6.07, 6.45) is 2.46. The molecule has 1 aliphatic heterocycles. The Morgan fingerprint density at radius 2 is 1.72 bits per heavy atom. The van der Waals surface area contributed by atoms with Crippen LogP contribution >= 0.6 is 12.4 Å². The number of nitrogens with two attached hydrogens (primary N) is 1. The minimum atomic E-state index is -3.84. The second-order valence-electron chi connectivity index (χ2n) is 8.11. The largest absolute Gasteiger partial charge is 0.497 e. The highest BCUT2D eigenvalue weighted by atomic mass is 35.5. The molecule has 4 rings (SSSR count). The molecule has 1 unspecified atom stereocenters. The van der Waals surface area contributed by atoms with Crippen LogP contribution < -0.4 is 14.7 Å². The number of nitrogens with zero attached hydrogens (tertiary/aromatic N) is 3. The summed E-state index contributed by atoms with van der Waals surface area (Å²) in [6.45, 7) is 1.78. The fourth-order valence-electron chi connectivity index (χ4n) is 3.99. The molecule has 0 fully saturated rings. The van der Waals surface area contributed by atoms with E-state index in [-0.39, 0.29) is 41.0 Å². The van der Waals surface area contributed by atoms with E-state index in [1.54, 1.807) is 25.3 Å². The van der Waals surface area contributed by atoms with Gasteiger partial charge in [0.05, 0.1) is 13.4 Å². The van der Waals surface area contributed by atoms with E-state index in [4.69, 9.17) is 14.7 Å². The molecule has 0 bridgehead atoms. The lowest BCUT2D eigenvalue weighted by atomic mass is 9.81. The zero-order valence-corrected chi connectivity index (χ0v) is 21.5. The SMILES string of the molecule is COc1cc(OS(C)(=O)=O)cc(-c2cc(C3(c4ccnc(C)c4)N=C(N)N(C)C3=O)ccc2F)c1.Cl. The molecule has 2 aromatic carbocycles. The van der Waals surface area contributed by atoms with Crippen LogP contribution in [0.25, 0.3) is 11.1 Å². The average molecular weight is 535 g/mol. The molecule has 1 atom stereocenters. The van der Waals surface area contributed by atoms with Crippen molar-refractivity contribution in [2.24, 2.45) is 10.7 Å². The molecular weight excluding hydrogens is 511 g/mol. The summed E-state index contributed by atoms with van der Waals surface area (Å²) in [6, 6.07) is 11.8. The van der Waals surface area contributed by atoms with Gasteiger partial charge in [-0.25, -0.2) is 9.38 Å². The summed E-state index contributed by atoms with van der Waals surface area (Å²) in [5, 5.41) is 0. The maximum atomic E-state index is 15.1. The van der Waals surface area contributed by atoms with E-state index in [1.165, 1.54) is 55.5 Å². The first-order valence-electron chi connectivity index (χ1n) is 10.4. The standard InChI is InChI=1S/C24H23FN4O5S.ClH/c1-14-9-17(7-8-27-14)24(22(30)29(2)23(26)28-24)16-5-6-21(25)20(12-16)15-10-18(33-3)13-19(11-15)34-35(4,31)32;/h5-13H,1-4H3,(H2,26,28);1H. The first-order valence-corrected chi connectivity index (χ1v) is 12.2. The van der Waals surface area contributed by atoms with Crippen molar-refractivity contribution in [2.75, 3.05) is 20.4 Å². The number of pyridine rings is 1. The Morgan fingerprint density at radius 3 is 2.31 bits per heavy atom. The van der Waals surface area contributed by atoms with Crippen LogP contribution in [-0.2, 0) is 20.5 Å². The third-order valence-electron chi connectivity index (χ3n) is 5.61. The summed E-state index contributed by atoms with van der Waals surface area (Å²) >= 11 is 0. The lowest BCUT2D eigenvalue weighted by molar-refractivity contribution is -0.129. The van der Waals surface area contributed by atoms with Crippen molar-refractivity contribution in [1.29, 1.82) is 0 Å². The molecule has 36 heavy (non-hydrogen) atoms. The van der Waals surface area contributed by atoms with Crippen LogP contribution in [0.5, 0.6) is 11.5 Å². The summed E-state index contributed by atoms with van der Waals surface area (Å²) in [4.78, 5) is 23.5. The second-order valence-corrected chi connectivity index (χ2v) is 9.68. The lowest BCUT2D eigenvalue weighted by Gasteiger charge is -2.27. The van der Waals surface area contributed by atoms with Crippen molar-refractivity contribution >= 4 is 34.4 Å². The highest BCUT2D eigenvalue weighted by molar-refractivity contribution is 7.86. The lowest BCUT2D eigenvalue weighted by Crippen LogP contribution is -2.41. The van der Waals surface area contributed by atoms with Crippen molar-refractivity contribution in [3.63, 3.8) is 0 Å². The van der Waals surface area contributed by atoms with Gasteiger partial charge in [-0.05, 0) is 60.0 Å². The third kappa shape index (κ3) is 4.84. The predicted molar refractivity (Wildman–Crippen MR) is 135 cm³/mol. The number of guanidine groups is 1. The predicted octanol–water partition coefficient (Wildman–Crippen LogP) is 3.00. The molecule has 9 nitrogen and oxygen atoms in total. The molecule has 190 valence electrons. The second kappa shape index (κ2) is 9.75. The van der Waals surface area contributed by atoms with Crippen LogP contribution in [0.3, 0.4) is 0 Å². The van der Waals surface area contributed by atoms with Gasteiger partial charge in [-0.15, -0.1) is 12.4 Å². The van der Waals surface area contributed by atoms with E-state index in [9.17, 15) is 13.2 Å². The van der Waals surface area contributed by atoms with E-state index in [1.807, 2.05) is 0 Å². The Balaban J connectivity index is 0.00000361. The molecule has 0 spiro atoms. The van der Waals surface area contributed by atoms with Crippen LogP contribution in [-0.4, -0.2) is 50.6 Å². The van der Waals surface area contributed by atoms with Gasteiger partial charge in [0.1, 0.15) is 17.3 Å². The first kappa shape index (κ1) is 26.9. The van der Waals surface area contributed by atoms with Crippen LogP contribution in [0.15, 0.2) is 59.7 Å². The number of carbonyl (C=O) groups excluding carboxylic acids is 1. The Labute approximate surface area is 214 Å². The maximum absolute atomic E-state index is 15.1. The van der Waals surface area contributed by atoms with Gasteiger partial charge in [0, 0.05) is 30.6 Å². The molecule has 3 aromatic rings. The number of aromatic nitrogens is 1. The van der Waals surface area contributed by atoms with Crippen LogP contribution in [0.1, 0.15) is 16.8 Å². The number of likely N-dealkylation sites (N-methyl/N-ethyl adjacent to an activating group) is 1. The van der Waals surface area contributed by atoms with E-state index in [0.29, 0.717) is 16.8 Å². The van der Waals surface area contributed by atoms with Crippen LogP contribution in [0, 0.1) is 12.7 Å². The van der Waals surface area contributed by atoms with E-state index >= 15 is 4.39 Å². The average Bonchev–Trinajstić information content (AvgIpc) is 3.02. The minimum Gasteiger partial charge on any atom is -0.497 e. The van der Waals surface area contributed by atoms with Crippen molar-refractivity contribution in [2.45, 2.75) is 12.5 Å². The molecular formula is C24H24ClFN4O5S. The first-order chi connectivity index (χ1) is 16.4. The minimum absolute atomic E-state index is 0. The summed E-state index contributed by atoms with van der Waals surface area (Å²) in [5.74, 6) is -0.802. The number of halogens is 2. The molecule has 1 aliphatic rings. The van der Waals surface area contributed by atoms with Crippen LogP contribution in [0.4, 0.5) is 4.39 Å². The summed E-state index contributed by atoms with van der Waals surface area (Å²) < 4.78 is 48.7. The number of hydrogen-bond acceptors (Lipinski definition) is 8. The van der Waals surface area contributed by atoms with Crippen molar-refractivity contribution in [3.8, 4) is 22.6 Å². The normalized spacial score (nSPS) is 17.4. The maximum Gasteiger partial charge on any atom is 0.306 e. The molecule has 2 heterocycles. The van der Waals surface area contributed by atoms with E-state index in [0.717, 1.165) is 6.26 Å². The van der Waals surface area contributed by atoms with Gasteiger partial charge in [-0.3, -0.25) is 14.7 Å². The van der Waals surface area contributed by atoms with Crippen molar-refractivity contribution in [3.05, 3.63) is 77.4 Å². The molecule has 0 aliphatic carbocycles. The Hall–Kier alpha value is -3.70. The highest BCUT2D eigenvalue weighted by Crippen LogP contribution is 2.42. The molecule has 12 heteroatoms. The van der Waals surface area contributed by atoms with E-state index in [2.05, 4.69) is 9.98 Å². The number of amides is 1. The Kier molecular flexibility index (Phi) is 7.28. The van der Waals surface area contributed by atoms with Crippen molar-refractivity contribution in [1.82, 2.24) is 9.88 Å². The molecule has 1 amide bonds. The Bertz CT molecular complexity index is 1480. The van der Waals surface area contributed by atoms with E-state index < -0.39 is 27.4 Å². The number of aryl methyl sites for hydroxylation is 1. The van der Waals surface area contributed by atoms with Gasteiger partial charge in [-0.1, -0.05) is 6.07 Å². The number of hydrogen-bond donors (Lipinski definition) is 1. The van der Waals surface area contributed by atoms with Crippen molar-refractivity contribution < 1.29 is 26.5 Å². The van der Waals surface area contributed by atoms with Gasteiger partial charge in [0.15, 0.2) is 11.5 Å². The summed E-state index contributed by atoms with van der Waals surface area (Å²) in [5.41, 5.74) is 6.38. The summed E-state index contributed by atoms with van der Waals surface area (Å²) in [7, 11) is -0.937. The third-order valence-corrected chi connectivity index (χ3v) is 6.11. The fourth-order valence-corrected chi connectivity index (χ4v) is 4.44. The molecule has 1 aromatic heterocycles.